The molecular formula is C15H22O2. The van der Waals surface area contributed by atoms with Gasteiger partial charge in [0.15, 0.2) is 0 Å². The van der Waals surface area contributed by atoms with Gasteiger partial charge < -0.3 is 4.74 Å². The Balaban J connectivity index is 1.94. The number of hydrogen-bond acceptors (Lipinski definition) is 2. The lowest BCUT2D eigenvalue weighted by molar-refractivity contribution is -0.156. The van der Waals surface area contributed by atoms with E-state index in [0.717, 1.165) is 25.7 Å². The molecular weight excluding hydrogens is 212 g/mol. The average molecular weight is 234 g/mol. The van der Waals surface area contributed by atoms with Crippen molar-refractivity contribution in [1.82, 2.24) is 0 Å². The Bertz CT molecular complexity index is 350. The Morgan fingerprint density at radius 2 is 2.12 bits per heavy atom. The highest BCUT2D eigenvalue weighted by atomic mass is 16.5. The minimum absolute atomic E-state index is 0.0105. The van der Waals surface area contributed by atoms with E-state index in [1.165, 1.54) is 17.6 Å². The number of carbonyl (C=O) groups is 1. The molecule has 0 amide bonds. The standard InChI is InChI=1S/C15H22O2/c1-10(2)13-8-7-11(3)14(9-13)17-15(16)12-5-4-6-12/h7,12-14H,1,4-6,8-9H2,2-3H3. The van der Waals surface area contributed by atoms with E-state index < -0.39 is 0 Å². The first-order valence-electron chi connectivity index (χ1n) is 6.60. The molecule has 1 fully saturated rings. The van der Waals surface area contributed by atoms with Gasteiger partial charge in [0, 0.05) is 0 Å². The van der Waals surface area contributed by atoms with E-state index in [1.807, 2.05) is 0 Å². The summed E-state index contributed by atoms with van der Waals surface area (Å²) in [5.74, 6) is 0.655. The van der Waals surface area contributed by atoms with Gasteiger partial charge in [-0.1, -0.05) is 24.6 Å². The van der Waals surface area contributed by atoms with Crippen LogP contribution in [-0.2, 0) is 9.53 Å². The van der Waals surface area contributed by atoms with E-state index in [4.69, 9.17) is 4.74 Å². The highest BCUT2D eigenvalue weighted by molar-refractivity contribution is 5.73. The molecule has 2 aliphatic rings. The molecule has 0 N–H and O–H groups in total. The van der Waals surface area contributed by atoms with E-state index in [-0.39, 0.29) is 18.0 Å². The van der Waals surface area contributed by atoms with Crippen LogP contribution in [0.2, 0.25) is 0 Å². The largest absolute Gasteiger partial charge is 0.458 e. The van der Waals surface area contributed by atoms with Gasteiger partial charge in [0.1, 0.15) is 6.10 Å². The number of ether oxygens (including phenoxy) is 1. The zero-order chi connectivity index (χ0) is 12.4. The first kappa shape index (κ1) is 12.4. The van der Waals surface area contributed by atoms with Gasteiger partial charge in [-0.3, -0.25) is 4.79 Å². The van der Waals surface area contributed by atoms with Crippen molar-refractivity contribution in [2.45, 2.75) is 52.1 Å². The van der Waals surface area contributed by atoms with Crippen molar-refractivity contribution in [3.63, 3.8) is 0 Å². The molecule has 2 rings (SSSR count). The van der Waals surface area contributed by atoms with Crippen molar-refractivity contribution in [2.24, 2.45) is 11.8 Å². The van der Waals surface area contributed by atoms with Gasteiger partial charge in [-0.05, 0) is 51.0 Å². The molecule has 17 heavy (non-hydrogen) atoms. The maximum absolute atomic E-state index is 11.8. The van der Waals surface area contributed by atoms with Crippen molar-refractivity contribution >= 4 is 5.97 Å². The molecule has 0 aromatic rings. The Labute approximate surface area is 104 Å². The molecule has 0 aromatic carbocycles. The van der Waals surface area contributed by atoms with Crippen LogP contribution in [0.1, 0.15) is 46.0 Å². The summed E-state index contributed by atoms with van der Waals surface area (Å²) in [6, 6.07) is 0. The highest BCUT2D eigenvalue weighted by Gasteiger charge is 2.31. The smallest absolute Gasteiger partial charge is 0.309 e. The molecule has 1 saturated carbocycles. The van der Waals surface area contributed by atoms with Gasteiger partial charge in [-0.25, -0.2) is 0 Å². The van der Waals surface area contributed by atoms with E-state index >= 15 is 0 Å². The molecule has 2 unspecified atom stereocenters. The second kappa shape index (κ2) is 5.07. The summed E-state index contributed by atoms with van der Waals surface area (Å²) in [7, 11) is 0. The highest BCUT2D eigenvalue weighted by Crippen LogP contribution is 2.33. The molecule has 94 valence electrons. The fourth-order valence-electron chi connectivity index (χ4n) is 2.42. The third kappa shape index (κ3) is 2.80. The summed E-state index contributed by atoms with van der Waals surface area (Å²) in [4.78, 5) is 11.8. The molecule has 0 aliphatic heterocycles. The van der Waals surface area contributed by atoms with E-state index in [1.54, 1.807) is 0 Å². The molecule has 2 nitrogen and oxygen atoms in total. The number of esters is 1. The zero-order valence-electron chi connectivity index (χ0n) is 10.9. The first-order chi connectivity index (χ1) is 8.08. The molecule has 0 heterocycles. The van der Waals surface area contributed by atoms with Crippen LogP contribution < -0.4 is 0 Å². The van der Waals surface area contributed by atoms with Crippen molar-refractivity contribution < 1.29 is 9.53 Å². The predicted octanol–water partition coefficient (Wildman–Crippen LogP) is 3.63. The van der Waals surface area contributed by atoms with Crippen LogP contribution in [0, 0.1) is 11.8 Å². The van der Waals surface area contributed by atoms with Crippen LogP contribution in [-0.4, -0.2) is 12.1 Å². The molecule has 0 bridgehead atoms. The third-order valence-corrected chi connectivity index (χ3v) is 4.12. The van der Waals surface area contributed by atoms with Gasteiger partial charge in [0.05, 0.1) is 5.92 Å². The SMILES string of the molecule is C=C(C)C1CC=C(C)C(OC(=O)C2CCC2)C1. The third-order valence-electron chi connectivity index (χ3n) is 4.12. The van der Waals surface area contributed by atoms with Crippen LogP contribution in [0.4, 0.5) is 0 Å². The molecule has 0 radical (unpaired) electrons. The molecule has 2 atom stereocenters. The number of carbonyl (C=O) groups excluding carboxylic acids is 1. The second-order valence-electron chi connectivity index (χ2n) is 5.52. The average Bonchev–Trinajstić information content (AvgIpc) is 2.18. The van der Waals surface area contributed by atoms with Gasteiger partial charge in [0.25, 0.3) is 0 Å². The Kier molecular flexibility index (Phi) is 3.70. The summed E-state index contributed by atoms with van der Waals surface area (Å²) in [5, 5.41) is 0. The van der Waals surface area contributed by atoms with Gasteiger partial charge in [-0.2, -0.15) is 0 Å². The lowest BCUT2D eigenvalue weighted by atomic mass is 9.83. The van der Waals surface area contributed by atoms with Crippen LogP contribution in [0.15, 0.2) is 23.8 Å². The van der Waals surface area contributed by atoms with Gasteiger partial charge in [-0.15, -0.1) is 0 Å². The molecule has 0 aromatic heterocycles. The number of allylic oxidation sites excluding steroid dienone is 2. The fourth-order valence-corrected chi connectivity index (χ4v) is 2.42. The summed E-state index contributed by atoms with van der Waals surface area (Å²) in [6.45, 7) is 8.13. The minimum Gasteiger partial charge on any atom is -0.458 e. The van der Waals surface area contributed by atoms with Crippen LogP contribution in [0.3, 0.4) is 0 Å². The lowest BCUT2D eigenvalue weighted by Crippen LogP contribution is -2.31. The summed E-state index contributed by atoms with van der Waals surface area (Å²) < 4.78 is 5.64. The second-order valence-corrected chi connectivity index (χ2v) is 5.52. The number of rotatable bonds is 3. The number of hydrogen-bond donors (Lipinski definition) is 0. The van der Waals surface area contributed by atoms with Crippen LogP contribution in [0.25, 0.3) is 0 Å². The van der Waals surface area contributed by atoms with Crippen molar-refractivity contribution in [2.75, 3.05) is 0 Å². The molecule has 0 saturated heterocycles. The summed E-state index contributed by atoms with van der Waals surface area (Å²) >= 11 is 0. The van der Waals surface area contributed by atoms with Crippen molar-refractivity contribution in [3.8, 4) is 0 Å². The van der Waals surface area contributed by atoms with Crippen LogP contribution in [0.5, 0.6) is 0 Å². The maximum Gasteiger partial charge on any atom is 0.309 e. The Morgan fingerprint density at radius 3 is 2.65 bits per heavy atom. The van der Waals surface area contributed by atoms with Gasteiger partial charge >= 0.3 is 5.97 Å². The normalized spacial score (nSPS) is 29.2. The monoisotopic (exact) mass is 234 g/mol. The van der Waals surface area contributed by atoms with Crippen molar-refractivity contribution in [3.05, 3.63) is 23.8 Å². The van der Waals surface area contributed by atoms with Crippen molar-refractivity contribution in [1.29, 1.82) is 0 Å². The summed E-state index contributed by atoms with van der Waals surface area (Å²) in [6.07, 6.45) is 7.33. The fraction of sp³-hybridized carbons (Fsp3) is 0.667. The topological polar surface area (TPSA) is 26.3 Å². The maximum atomic E-state index is 11.8. The minimum atomic E-state index is -0.0152. The zero-order valence-corrected chi connectivity index (χ0v) is 10.9. The van der Waals surface area contributed by atoms with Gasteiger partial charge in [0.2, 0.25) is 0 Å². The lowest BCUT2D eigenvalue weighted by Gasteiger charge is -2.31. The van der Waals surface area contributed by atoms with Crippen LogP contribution >= 0.6 is 0 Å². The Hall–Kier alpha value is -1.05. The van der Waals surface area contributed by atoms with E-state index in [2.05, 4.69) is 26.5 Å². The predicted molar refractivity (Wildman–Crippen MR) is 68.5 cm³/mol. The molecule has 0 spiro atoms. The first-order valence-corrected chi connectivity index (χ1v) is 6.60. The van der Waals surface area contributed by atoms with E-state index in [9.17, 15) is 4.79 Å². The molecule has 2 heteroatoms. The quantitative estimate of drug-likeness (QED) is 0.550. The molecule has 2 aliphatic carbocycles. The summed E-state index contributed by atoms with van der Waals surface area (Å²) in [5.41, 5.74) is 2.40. The van der Waals surface area contributed by atoms with E-state index in [0.29, 0.717) is 5.92 Å². The Morgan fingerprint density at radius 1 is 1.41 bits per heavy atom.